The third-order valence-corrected chi connectivity index (χ3v) is 4.67. The number of ether oxygens (including phenoxy) is 4. The zero-order chi connectivity index (χ0) is 25.8. The minimum atomic E-state index is -3.93. The Morgan fingerprint density at radius 3 is 2.51 bits per heavy atom. The molecule has 0 aliphatic carbocycles. The Balaban J connectivity index is 1.70. The summed E-state index contributed by atoms with van der Waals surface area (Å²) in [5.41, 5.74) is -1.47. The first-order valence-corrected chi connectivity index (χ1v) is 10.5. The molecule has 2 aromatic rings. The van der Waals surface area contributed by atoms with Gasteiger partial charge in [0.25, 0.3) is 0 Å². The molecule has 1 fully saturated rings. The molecule has 0 saturated carbocycles. The van der Waals surface area contributed by atoms with E-state index in [1.165, 1.54) is 20.8 Å². The maximum atomic E-state index is 15.1. The van der Waals surface area contributed by atoms with E-state index >= 15 is 8.78 Å². The molecule has 0 bridgehead atoms. The smallest absolute Gasteiger partial charge is 0.444 e. The zero-order valence-corrected chi connectivity index (χ0v) is 19.1. The lowest BCUT2D eigenvalue weighted by molar-refractivity contribution is -0.149. The van der Waals surface area contributed by atoms with E-state index in [-0.39, 0.29) is 12.4 Å². The third-order valence-electron chi connectivity index (χ3n) is 4.67. The Morgan fingerprint density at radius 1 is 1.23 bits per heavy atom. The summed E-state index contributed by atoms with van der Waals surface area (Å²) in [6.07, 6.45) is -7.49. The monoisotopic (exact) mass is 497 g/mol. The SMILES string of the molecule is CC(C)(C)OC(=O)O[C@@H]1[C@@H](CO)O[C@@H](n2ccc(NC(=O)OCc3ccccc3)nc2=O)C1(F)F. The summed E-state index contributed by atoms with van der Waals surface area (Å²) in [5, 5.41) is 11.7. The lowest BCUT2D eigenvalue weighted by Gasteiger charge is -2.25. The first kappa shape index (κ1) is 26.0. The summed E-state index contributed by atoms with van der Waals surface area (Å²) < 4.78 is 50.4. The molecule has 13 heteroatoms. The molecule has 1 aliphatic rings. The predicted octanol–water partition coefficient (Wildman–Crippen LogP) is 2.84. The van der Waals surface area contributed by atoms with Gasteiger partial charge in [0, 0.05) is 6.20 Å². The van der Waals surface area contributed by atoms with Crippen LogP contribution in [0.4, 0.5) is 24.2 Å². The molecule has 1 aromatic carbocycles. The summed E-state index contributed by atoms with van der Waals surface area (Å²) in [5.74, 6) is -4.18. The van der Waals surface area contributed by atoms with Crippen LogP contribution < -0.4 is 11.0 Å². The van der Waals surface area contributed by atoms with Crippen molar-refractivity contribution in [1.82, 2.24) is 9.55 Å². The van der Waals surface area contributed by atoms with Crippen LogP contribution in [0.15, 0.2) is 47.4 Å². The molecule has 1 aliphatic heterocycles. The van der Waals surface area contributed by atoms with Crippen molar-refractivity contribution in [3.8, 4) is 0 Å². The quantitative estimate of drug-likeness (QED) is 0.577. The number of amides is 1. The standard InChI is InChI=1S/C22H25F2N3O8/c1-21(2,3)35-20(31)34-16-14(11-28)33-17(22(16,23)24)27-10-9-15(25-18(27)29)26-19(30)32-12-13-7-5-4-6-8-13/h4-10,14,16-17,28H,11-12H2,1-3H3,(H,25,26,29,30)/t14-,16-,17-/m1/s1. The first-order chi connectivity index (χ1) is 16.4. The highest BCUT2D eigenvalue weighted by atomic mass is 19.3. The number of halogens is 2. The fourth-order valence-electron chi connectivity index (χ4n) is 3.16. The largest absolute Gasteiger partial charge is 0.509 e. The van der Waals surface area contributed by atoms with Crippen molar-refractivity contribution >= 4 is 18.1 Å². The van der Waals surface area contributed by atoms with E-state index in [0.717, 1.165) is 17.8 Å². The van der Waals surface area contributed by atoms with Crippen molar-refractivity contribution in [1.29, 1.82) is 0 Å². The normalized spacial score (nSPS) is 21.3. The maximum absolute atomic E-state index is 15.1. The number of alkyl halides is 2. The van der Waals surface area contributed by atoms with Crippen LogP contribution in [0.25, 0.3) is 0 Å². The molecule has 190 valence electrons. The number of hydrogen-bond donors (Lipinski definition) is 2. The lowest BCUT2D eigenvalue weighted by Crippen LogP contribution is -2.45. The number of benzene rings is 1. The van der Waals surface area contributed by atoms with Crippen LogP contribution in [0.1, 0.15) is 32.6 Å². The highest BCUT2D eigenvalue weighted by Crippen LogP contribution is 2.44. The van der Waals surface area contributed by atoms with Gasteiger partial charge in [-0.3, -0.25) is 9.88 Å². The Labute approximate surface area is 198 Å². The summed E-state index contributed by atoms with van der Waals surface area (Å²) in [6.45, 7) is 3.59. The van der Waals surface area contributed by atoms with E-state index in [1.807, 2.05) is 0 Å². The number of aromatic nitrogens is 2. The minimum absolute atomic E-state index is 0.0343. The number of carbonyl (C=O) groups is 2. The van der Waals surface area contributed by atoms with Gasteiger partial charge >= 0.3 is 23.9 Å². The number of rotatable bonds is 6. The second-order valence-corrected chi connectivity index (χ2v) is 8.58. The van der Waals surface area contributed by atoms with E-state index < -0.39 is 54.5 Å². The van der Waals surface area contributed by atoms with Crippen LogP contribution in [0, 0.1) is 0 Å². The van der Waals surface area contributed by atoms with Gasteiger partial charge in [0.2, 0.25) is 12.3 Å². The molecule has 3 atom stereocenters. The number of carbonyl (C=O) groups excluding carboxylic acids is 2. The predicted molar refractivity (Wildman–Crippen MR) is 116 cm³/mol. The topological polar surface area (TPSA) is 138 Å². The van der Waals surface area contributed by atoms with E-state index in [2.05, 4.69) is 10.3 Å². The van der Waals surface area contributed by atoms with Crippen molar-refractivity contribution in [2.45, 2.75) is 57.3 Å². The molecule has 0 radical (unpaired) electrons. The number of aliphatic hydroxyl groups is 1. The molecule has 1 aromatic heterocycles. The van der Waals surface area contributed by atoms with E-state index in [4.69, 9.17) is 18.9 Å². The lowest BCUT2D eigenvalue weighted by atomic mass is 10.1. The number of anilines is 1. The van der Waals surface area contributed by atoms with Gasteiger partial charge in [-0.1, -0.05) is 30.3 Å². The number of nitrogens with one attached hydrogen (secondary N) is 1. The Kier molecular flexibility index (Phi) is 7.70. The molecule has 0 spiro atoms. The summed E-state index contributed by atoms with van der Waals surface area (Å²) in [7, 11) is 0. The van der Waals surface area contributed by atoms with Crippen LogP contribution in [-0.2, 0) is 25.6 Å². The third kappa shape index (κ3) is 6.51. The molecular weight excluding hydrogens is 472 g/mol. The van der Waals surface area contributed by atoms with E-state index in [9.17, 15) is 19.5 Å². The van der Waals surface area contributed by atoms with Gasteiger partial charge in [0.15, 0.2) is 0 Å². The van der Waals surface area contributed by atoms with Gasteiger partial charge in [-0.2, -0.15) is 13.8 Å². The highest BCUT2D eigenvalue weighted by Gasteiger charge is 2.62. The molecule has 0 unspecified atom stereocenters. The zero-order valence-electron chi connectivity index (χ0n) is 19.1. The van der Waals surface area contributed by atoms with Gasteiger partial charge in [0.1, 0.15) is 24.1 Å². The summed E-state index contributed by atoms with van der Waals surface area (Å²) in [6, 6.07) is 9.91. The van der Waals surface area contributed by atoms with Crippen LogP contribution in [0.2, 0.25) is 0 Å². The van der Waals surface area contributed by atoms with Crippen molar-refractivity contribution < 1.29 is 42.4 Å². The van der Waals surface area contributed by atoms with Crippen molar-refractivity contribution in [3.63, 3.8) is 0 Å². The second kappa shape index (κ2) is 10.4. The van der Waals surface area contributed by atoms with Gasteiger partial charge in [-0.15, -0.1) is 0 Å². The minimum Gasteiger partial charge on any atom is -0.444 e. The maximum Gasteiger partial charge on any atom is 0.509 e. The summed E-state index contributed by atoms with van der Waals surface area (Å²) >= 11 is 0. The van der Waals surface area contributed by atoms with Crippen molar-refractivity contribution in [2.75, 3.05) is 11.9 Å². The van der Waals surface area contributed by atoms with Crippen LogP contribution in [0.5, 0.6) is 0 Å². The van der Waals surface area contributed by atoms with Crippen LogP contribution in [-0.4, -0.2) is 57.2 Å². The molecular formula is C22H25F2N3O8. The second-order valence-electron chi connectivity index (χ2n) is 8.58. The van der Waals surface area contributed by atoms with E-state index in [0.29, 0.717) is 4.57 Å². The number of aliphatic hydroxyl groups excluding tert-OH is 1. The van der Waals surface area contributed by atoms with E-state index in [1.54, 1.807) is 30.3 Å². The fourth-order valence-corrected chi connectivity index (χ4v) is 3.16. The first-order valence-electron chi connectivity index (χ1n) is 10.5. The Bertz CT molecular complexity index is 1100. The van der Waals surface area contributed by atoms with Crippen molar-refractivity contribution in [3.05, 3.63) is 58.6 Å². The molecule has 3 rings (SSSR count). The Hall–Kier alpha value is -3.58. The molecule has 1 saturated heterocycles. The Morgan fingerprint density at radius 2 is 1.91 bits per heavy atom. The van der Waals surface area contributed by atoms with Gasteiger partial charge in [0.05, 0.1) is 6.61 Å². The van der Waals surface area contributed by atoms with Gasteiger partial charge < -0.3 is 24.1 Å². The molecule has 2 heterocycles. The van der Waals surface area contributed by atoms with Gasteiger partial charge in [-0.05, 0) is 32.4 Å². The molecule has 1 amide bonds. The molecule has 35 heavy (non-hydrogen) atoms. The average Bonchev–Trinajstić information content (AvgIpc) is 3.01. The summed E-state index contributed by atoms with van der Waals surface area (Å²) in [4.78, 5) is 39.9. The van der Waals surface area contributed by atoms with Crippen LogP contribution in [0.3, 0.4) is 0 Å². The number of nitrogens with zero attached hydrogens (tertiary/aromatic N) is 2. The molecule has 2 N–H and O–H groups in total. The van der Waals surface area contributed by atoms with Crippen LogP contribution >= 0.6 is 0 Å². The van der Waals surface area contributed by atoms with Crippen molar-refractivity contribution in [2.24, 2.45) is 0 Å². The van der Waals surface area contributed by atoms with Gasteiger partial charge in [-0.25, -0.2) is 14.4 Å². The fraction of sp³-hybridized carbons (Fsp3) is 0.455. The molecule has 11 nitrogen and oxygen atoms in total. The number of hydrogen-bond acceptors (Lipinski definition) is 9. The highest BCUT2D eigenvalue weighted by molar-refractivity contribution is 5.83. The average molecular weight is 497 g/mol.